The van der Waals surface area contributed by atoms with Gasteiger partial charge in [0, 0.05) is 0 Å². The normalized spacial score (nSPS) is 15.2. The molecule has 1 aliphatic heterocycles. The molecule has 1 amide bonds. The Morgan fingerprint density at radius 2 is 1.88 bits per heavy atom. The number of nitrogens with zero attached hydrogens (tertiary/aromatic N) is 3. The van der Waals surface area contributed by atoms with Gasteiger partial charge in [-0.1, -0.05) is 36.8 Å². The van der Waals surface area contributed by atoms with Crippen LogP contribution in [0.15, 0.2) is 45.6 Å². The molecule has 2 aromatic heterocycles. The average Bonchev–Trinajstić information content (AvgIpc) is 3.37. The number of ether oxygens (including phenoxy) is 1. The molecular weight excluding hydrogens is 450 g/mol. The van der Waals surface area contributed by atoms with E-state index in [0.29, 0.717) is 34.0 Å². The molecule has 174 valence electrons. The van der Waals surface area contributed by atoms with Crippen LogP contribution < -0.4 is 15.1 Å². The Bertz CT molecular complexity index is 1470. The fourth-order valence-corrected chi connectivity index (χ4v) is 4.95. The van der Waals surface area contributed by atoms with Crippen LogP contribution in [0, 0.1) is 20.8 Å². The lowest BCUT2D eigenvalue weighted by Gasteiger charge is -2.22. The third-order valence-corrected chi connectivity index (χ3v) is 6.99. The van der Waals surface area contributed by atoms with Gasteiger partial charge in [0.05, 0.1) is 23.6 Å². The maximum atomic E-state index is 13.8. The molecule has 3 heterocycles. The molecule has 0 fully saturated rings. The zero-order chi connectivity index (χ0) is 24.0. The van der Waals surface area contributed by atoms with Crippen molar-refractivity contribution in [1.29, 1.82) is 0 Å². The van der Waals surface area contributed by atoms with Crippen molar-refractivity contribution in [3.05, 3.63) is 79.6 Å². The van der Waals surface area contributed by atoms with Crippen LogP contribution in [0.3, 0.4) is 0 Å². The number of carbonyl (C=O) groups is 1. The highest BCUT2D eigenvalue weighted by atomic mass is 32.1. The summed E-state index contributed by atoms with van der Waals surface area (Å²) >= 11 is 1.30. The number of amides is 1. The van der Waals surface area contributed by atoms with E-state index in [-0.39, 0.29) is 11.2 Å². The van der Waals surface area contributed by atoms with Crippen LogP contribution in [0.25, 0.3) is 11.0 Å². The minimum atomic E-state index is -0.688. The van der Waals surface area contributed by atoms with E-state index in [1.165, 1.54) is 16.2 Å². The van der Waals surface area contributed by atoms with Crippen molar-refractivity contribution in [3.8, 4) is 5.75 Å². The lowest BCUT2D eigenvalue weighted by atomic mass is 9.97. The van der Waals surface area contributed by atoms with Gasteiger partial charge in [0.15, 0.2) is 5.43 Å². The monoisotopic (exact) mass is 475 g/mol. The van der Waals surface area contributed by atoms with E-state index in [1.807, 2.05) is 57.2 Å². The number of benzene rings is 2. The summed E-state index contributed by atoms with van der Waals surface area (Å²) in [5.41, 5.74) is 3.25. The van der Waals surface area contributed by atoms with E-state index in [9.17, 15) is 9.59 Å². The Balaban J connectivity index is 1.72. The number of hydrogen-bond donors (Lipinski definition) is 0. The zero-order valence-electron chi connectivity index (χ0n) is 19.5. The molecule has 1 aliphatic rings. The van der Waals surface area contributed by atoms with E-state index < -0.39 is 11.9 Å². The fourth-order valence-electron chi connectivity index (χ4n) is 4.23. The lowest BCUT2D eigenvalue weighted by Crippen LogP contribution is -2.29. The first-order valence-electron chi connectivity index (χ1n) is 11.3. The number of anilines is 1. The molecule has 34 heavy (non-hydrogen) atoms. The molecule has 2 aromatic carbocycles. The van der Waals surface area contributed by atoms with Gasteiger partial charge in [0.25, 0.3) is 5.91 Å². The van der Waals surface area contributed by atoms with Crippen molar-refractivity contribution < 1.29 is 13.9 Å². The second-order valence-corrected chi connectivity index (χ2v) is 9.72. The summed E-state index contributed by atoms with van der Waals surface area (Å²) in [7, 11) is 0. The van der Waals surface area contributed by atoms with Crippen molar-refractivity contribution in [2.75, 3.05) is 11.5 Å². The molecule has 5 rings (SSSR count). The average molecular weight is 476 g/mol. The zero-order valence-corrected chi connectivity index (χ0v) is 20.4. The minimum absolute atomic E-state index is 0.0518. The molecule has 0 saturated heterocycles. The summed E-state index contributed by atoms with van der Waals surface area (Å²) in [5, 5.41) is 9.93. The highest BCUT2D eigenvalue weighted by Crippen LogP contribution is 2.42. The number of carbonyl (C=O) groups excluding carboxylic acids is 1. The fraction of sp³-hybridized carbons (Fsp3) is 0.308. The maximum absolute atomic E-state index is 13.8. The SMILES string of the molecule is CCCCOc1cccc(C2c3c(oc4cc(C)c(C)cc4c3=O)C(=O)N2c2nnc(C)s2)c1. The molecule has 1 unspecified atom stereocenters. The van der Waals surface area contributed by atoms with Crippen molar-refractivity contribution in [2.24, 2.45) is 0 Å². The van der Waals surface area contributed by atoms with Crippen molar-refractivity contribution in [3.63, 3.8) is 0 Å². The smallest absolute Gasteiger partial charge is 0.297 e. The van der Waals surface area contributed by atoms with Crippen LogP contribution in [0.2, 0.25) is 0 Å². The summed E-state index contributed by atoms with van der Waals surface area (Å²) in [4.78, 5) is 28.9. The largest absolute Gasteiger partial charge is 0.494 e. The summed E-state index contributed by atoms with van der Waals surface area (Å²) in [6.45, 7) is 8.44. The number of rotatable bonds is 6. The van der Waals surface area contributed by atoms with Crippen molar-refractivity contribution >= 4 is 33.3 Å². The second kappa shape index (κ2) is 8.68. The van der Waals surface area contributed by atoms with Crippen LogP contribution in [-0.4, -0.2) is 22.7 Å². The van der Waals surface area contributed by atoms with Gasteiger partial charge in [-0.2, -0.15) is 0 Å². The number of hydrogen-bond acceptors (Lipinski definition) is 7. The highest BCUT2D eigenvalue weighted by molar-refractivity contribution is 7.15. The van der Waals surface area contributed by atoms with E-state index in [2.05, 4.69) is 17.1 Å². The van der Waals surface area contributed by atoms with Crippen molar-refractivity contribution in [1.82, 2.24) is 10.2 Å². The summed E-state index contributed by atoms with van der Waals surface area (Å²) in [6.07, 6.45) is 1.97. The van der Waals surface area contributed by atoms with E-state index in [0.717, 1.165) is 34.5 Å². The van der Waals surface area contributed by atoms with Crippen LogP contribution >= 0.6 is 11.3 Å². The predicted molar refractivity (Wildman–Crippen MR) is 132 cm³/mol. The van der Waals surface area contributed by atoms with E-state index in [1.54, 1.807) is 0 Å². The summed E-state index contributed by atoms with van der Waals surface area (Å²) in [6, 6.07) is 10.5. The van der Waals surface area contributed by atoms with Crippen LogP contribution in [0.4, 0.5) is 5.13 Å². The molecule has 7 nitrogen and oxygen atoms in total. The van der Waals surface area contributed by atoms with Crippen molar-refractivity contribution in [2.45, 2.75) is 46.6 Å². The molecule has 0 aliphatic carbocycles. The third-order valence-electron chi connectivity index (χ3n) is 6.15. The first kappa shape index (κ1) is 22.3. The number of aryl methyl sites for hydroxylation is 3. The Kier molecular flexibility index (Phi) is 5.69. The molecule has 0 saturated carbocycles. The molecule has 0 spiro atoms. The first-order chi connectivity index (χ1) is 16.4. The molecule has 1 atom stereocenters. The van der Waals surface area contributed by atoms with Crippen LogP contribution in [0.1, 0.15) is 63.6 Å². The Hall–Kier alpha value is -3.52. The Morgan fingerprint density at radius 1 is 1.09 bits per heavy atom. The third kappa shape index (κ3) is 3.68. The topological polar surface area (TPSA) is 85.5 Å². The number of unbranched alkanes of at least 4 members (excludes halogenated alkanes) is 1. The second-order valence-electron chi connectivity index (χ2n) is 8.56. The molecule has 0 bridgehead atoms. The molecule has 0 radical (unpaired) electrons. The minimum Gasteiger partial charge on any atom is -0.494 e. The van der Waals surface area contributed by atoms with Crippen LogP contribution in [0.5, 0.6) is 5.75 Å². The molecule has 4 aromatic rings. The van der Waals surface area contributed by atoms with Gasteiger partial charge < -0.3 is 9.15 Å². The van der Waals surface area contributed by atoms with Gasteiger partial charge in [0.2, 0.25) is 10.9 Å². The van der Waals surface area contributed by atoms with Gasteiger partial charge in [0.1, 0.15) is 16.3 Å². The van der Waals surface area contributed by atoms with E-state index >= 15 is 0 Å². The first-order valence-corrected chi connectivity index (χ1v) is 12.1. The standard InChI is InChI=1S/C26H25N3O4S/c1-5-6-10-32-18-9-7-8-17(13-18)22-21-23(30)19-11-14(2)15(3)12-20(19)33-24(21)25(31)29(22)26-28-27-16(4)34-26/h7-9,11-13,22H,5-6,10H2,1-4H3. The Labute approximate surface area is 201 Å². The lowest BCUT2D eigenvalue weighted by molar-refractivity contribution is 0.0970. The number of fused-ring (bicyclic) bond motifs is 2. The summed E-state index contributed by atoms with van der Waals surface area (Å²) in [5.74, 6) is 0.346. The van der Waals surface area contributed by atoms with Crippen LogP contribution in [-0.2, 0) is 0 Å². The van der Waals surface area contributed by atoms with Gasteiger partial charge in [-0.25, -0.2) is 0 Å². The molecular formula is C26H25N3O4S. The maximum Gasteiger partial charge on any atom is 0.297 e. The molecule has 0 N–H and O–H groups in total. The van der Waals surface area contributed by atoms with Gasteiger partial charge in [-0.15, -0.1) is 10.2 Å². The predicted octanol–water partition coefficient (Wildman–Crippen LogP) is 5.50. The Morgan fingerprint density at radius 3 is 2.62 bits per heavy atom. The summed E-state index contributed by atoms with van der Waals surface area (Å²) < 4.78 is 12.0. The highest BCUT2D eigenvalue weighted by Gasteiger charge is 2.45. The van der Waals surface area contributed by atoms with Gasteiger partial charge >= 0.3 is 0 Å². The van der Waals surface area contributed by atoms with E-state index in [4.69, 9.17) is 9.15 Å². The van der Waals surface area contributed by atoms with Gasteiger partial charge in [-0.05, 0) is 68.1 Å². The molecule has 8 heteroatoms. The quantitative estimate of drug-likeness (QED) is 0.342. The van der Waals surface area contributed by atoms with Gasteiger partial charge in [-0.3, -0.25) is 14.5 Å². The number of aromatic nitrogens is 2.